The van der Waals surface area contributed by atoms with Gasteiger partial charge in [0.15, 0.2) is 17.3 Å². The molecular weight excluding hydrogens is 398 g/mol. The number of rotatable bonds is 7. The van der Waals surface area contributed by atoms with Crippen molar-refractivity contribution >= 4 is 27.4 Å². The number of methoxy groups -OCH3 is 2. The monoisotopic (exact) mass is 421 g/mol. The van der Waals surface area contributed by atoms with E-state index in [-0.39, 0.29) is 5.75 Å². The zero-order valence-corrected chi connectivity index (χ0v) is 17.9. The van der Waals surface area contributed by atoms with Crippen molar-refractivity contribution in [2.24, 2.45) is 0 Å². The van der Waals surface area contributed by atoms with Crippen LogP contribution in [0.3, 0.4) is 0 Å². The van der Waals surface area contributed by atoms with Gasteiger partial charge in [0, 0.05) is 31.6 Å². The van der Waals surface area contributed by atoms with Crippen LogP contribution in [0.1, 0.15) is 11.4 Å². The average molecular weight is 422 g/mol. The van der Waals surface area contributed by atoms with E-state index in [1.165, 1.54) is 0 Å². The van der Waals surface area contributed by atoms with Crippen molar-refractivity contribution in [3.8, 4) is 22.6 Å². The molecule has 7 heteroatoms. The second-order valence-electron chi connectivity index (χ2n) is 6.95. The van der Waals surface area contributed by atoms with Crippen LogP contribution in [0.15, 0.2) is 53.9 Å². The van der Waals surface area contributed by atoms with Crippen LogP contribution in [-0.4, -0.2) is 36.3 Å². The van der Waals surface area contributed by atoms with Gasteiger partial charge in [0.2, 0.25) is 0 Å². The summed E-state index contributed by atoms with van der Waals surface area (Å²) in [6.07, 6.45) is 0. The molecule has 4 rings (SSSR count). The van der Waals surface area contributed by atoms with Crippen LogP contribution < -0.4 is 9.64 Å². The molecule has 4 aromatic rings. The summed E-state index contributed by atoms with van der Waals surface area (Å²) < 4.78 is 10.5. The topological polar surface area (TPSA) is 67.7 Å². The van der Waals surface area contributed by atoms with E-state index in [9.17, 15) is 5.11 Å². The zero-order valence-electron chi connectivity index (χ0n) is 17.1. The number of fused-ring (bicyclic) bond motifs is 1. The first-order valence-corrected chi connectivity index (χ1v) is 10.4. The number of anilines is 1. The van der Waals surface area contributed by atoms with Gasteiger partial charge in [-0.25, -0.2) is 9.97 Å². The smallest absolute Gasteiger partial charge is 0.160 e. The maximum absolute atomic E-state index is 9.89. The highest BCUT2D eigenvalue weighted by atomic mass is 32.1. The quantitative estimate of drug-likeness (QED) is 0.460. The molecule has 0 amide bonds. The third kappa shape index (κ3) is 3.94. The van der Waals surface area contributed by atoms with Crippen LogP contribution in [0.25, 0.3) is 21.3 Å². The Labute approximate surface area is 179 Å². The highest BCUT2D eigenvalue weighted by molar-refractivity contribution is 7.17. The average Bonchev–Trinajstić information content (AvgIpc) is 3.19. The van der Waals surface area contributed by atoms with Gasteiger partial charge in [-0.05, 0) is 23.3 Å². The molecule has 0 fully saturated rings. The van der Waals surface area contributed by atoms with Gasteiger partial charge < -0.3 is 19.5 Å². The Morgan fingerprint density at radius 2 is 1.87 bits per heavy atom. The lowest BCUT2D eigenvalue weighted by atomic mass is 10.1. The van der Waals surface area contributed by atoms with Gasteiger partial charge in [-0.3, -0.25) is 0 Å². The zero-order chi connectivity index (χ0) is 21.1. The number of phenols is 1. The van der Waals surface area contributed by atoms with Crippen molar-refractivity contribution < 1.29 is 14.6 Å². The molecule has 2 heterocycles. The van der Waals surface area contributed by atoms with Gasteiger partial charge in [0.05, 0.1) is 12.5 Å². The van der Waals surface area contributed by atoms with Gasteiger partial charge in [-0.1, -0.05) is 36.4 Å². The van der Waals surface area contributed by atoms with E-state index in [2.05, 4.69) is 22.4 Å². The molecule has 0 bridgehead atoms. The third-order valence-corrected chi connectivity index (χ3v) is 5.72. The van der Waals surface area contributed by atoms with Crippen molar-refractivity contribution in [3.05, 3.63) is 65.3 Å². The second kappa shape index (κ2) is 8.69. The van der Waals surface area contributed by atoms with Crippen LogP contribution in [-0.2, 0) is 17.9 Å². The van der Waals surface area contributed by atoms with Gasteiger partial charge >= 0.3 is 0 Å². The SMILES string of the molecule is COCc1nc(N(C)Cc2ccc(O)c(OC)c2)c2c(-c3ccccc3)csc2n1. The number of ether oxygens (including phenoxy) is 2. The molecule has 0 aliphatic carbocycles. The number of benzene rings is 2. The normalized spacial score (nSPS) is 11.0. The van der Waals surface area contributed by atoms with E-state index in [0.29, 0.717) is 24.7 Å². The molecule has 0 radical (unpaired) electrons. The fraction of sp³-hybridized carbons (Fsp3) is 0.217. The molecule has 154 valence electrons. The Bertz CT molecular complexity index is 1160. The molecule has 2 aromatic carbocycles. The maximum atomic E-state index is 9.89. The van der Waals surface area contributed by atoms with Gasteiger partial charge in [0.1, 0.15) is 17.3 Å². The molecule has 0 aliphatic heterocycles. The van der Waals surface area contributed by atoms with Crippen molar-refractivity contribution in [1.82, 2.24) is 9.97 Å². The Balaban J connectivity index is 1.80. The molecule has 0 spiro atoms. The highest BCUT2D eigenvalue weighted by Crippen LogP contribution is 2.38. The predicted octanol–water partition coefficient (Wildman–Crippen LogP) is 4.86. The van der Waals surface area contributed by atoms with Crippen LogP contribution >= 0.6 is 11.3 Å². The summed E-state index contributed by atoms with van der Waals surface area (Å²) in [7, 11) is 5.19. The molecule has 0 saturated carbocycles. The number of phenolic OH excluding ortho intramolecular Hbond substituents is 1. The van der Waals surface area contributed by atoms with Crippen LogP contribution in [0.5, 0.6) is 11.5 Å². The summed E-state index contributed by atoms with van der Waals surface area (Å²) in [4.78, 5) is 12.5. The Morgan fingerprint density at radius 1 is 1.07 bits per heavy atom. The van der Waals surface area contributed by atoms with Gasteiger partial charge in [-0.15, -0.1) is 11.3 Å². The summed E-state index contributed by atoms with van der Waals surface area (Å²) in [5, 5.41) is 13.0. The van der Waals surface area contributed by atoms with E-state index in [4.69, 9.17) is 19.4 Å². The predicted molar refractivity (Wildman–Crippen MR) is 120 cm³/mol. The Kier molecular flexibility index (Phi) is 5.83. The summed E-state index contributed by atoms with van der Waals surface area (Å²) in [5.74, 6) is 2.07. The van der Waals surface area contributed by atoms with E-state index < -0.39 is 0 Å². The summed E-state index contributed by atoms with van der Waals surface area (Å²) >= 11 is 1.61. The molecule has 30 heavy (non-hydrogen) atoms. The fourth-order valence-electron chi connectivity index (χ4n) is 3.44. The summed E-state index contributed by atoms with van der Waals surface area (Å²) in [5.41, 5.74) is 3.25. The lowest BCUT2D eigenvalue weighted by molar-refractivity contribution is 0.178. The minimum Gasteiger partial charge on any atom is -0.504 e. The molecule has 0 saturated heterocycles. The number of nitrogens with zero attached hydrogens (tertiary/aromatic N) is 3. The lowest BCUT2D eigenvalue weighted by Gasteiger charge is -2.21. The molecule has 1 N–H and O–H groups in total. The molecule has 2 aromatic heterocycles. The van der Waals surface area contributed by atoms with Crippen molar-refractivity contribution in [2.45, 2.75) is 13.2 Å². The first-order chi connectivity index (χ1) is 14.6. The van der Waals surface area contributed by atoms with E-state index in [1.807, 2.05) is 37.4 Å². The number of hydrogen-bond donors (Lipinski definition) is 1. The number of aromatic nitrogens is 2. The van der Waals surface area contributed by atoms with E-state index >= 15 is 0 Å². The molecule has 6 nitrogen and oxygen atoms in total. The van der Waals surface area contributed by atoms with Crippen molar-refractivity contribution in [1.29, 1.82) is 0 Å². The standard InChI is InChI=1S/C23H23N3O3S/c1-26(12-15-9-10-18(27)19(11-15)29-3)22-21-17(16-7-5-4-6-8-16)14-30-23(21)25-20(24-22)13-28-2/h4-11,14,27H,12-13H2,1-3H3. The third-order valence-electron chi connectivity index (χ3n) is 4.84. The molecular formula is C23H23N3O3S. The number of thiophene rings is 1. The van der Waals surface area contributed by atoms with Crippen molar-refractivity contribution in [2.75, 3.05) is 26.2 Å². The largest absolute Gasteiger partial charge is 0.504 e. The lowest BCUT2D eigenvalue weighted by Crippen LogP contribution is -2.19. The van der Waals surface area contributed by atoms with Crippen LogP contribution in [0, 0.1) is 0 Å². The molecule has 0 atom stereocenters. The number of hydrogen-bond acceptors (Lipinski definition) is 7. The van der Waals surface area contributed by atoms with Gasteiger partial charge in [0.25, 0.3) is 0 Å². The van der Waals surface area contributed by atoms with E-state index in [1.54, 1.807) is 31.6 Å². The maximum Gasteiger partial charge on any atom is 0.160 e. The highest BCUT2D eigenvalue weighted by Gasteiger charge is 2.18. The minimum atomic E-state index is 0.125. The Morgan fingerprint density at radius 3 is 2.60 bits per heavy atom. The summed E-state index contributed by atoms with van der Waals surface area (Å²) in [6, 6.07) is 15.6. The second-order valence-corrected chi connectivity index (χ2v) is 7.81. The summed E-state index contributed by atoms with van der Waals surface area (Å²) in [6.45, 7) is 0.946. The molecule has 0 unspecified atom stereocenters. The van der Waals surface area contributed by atoms with Crippen LogP contribution in [0.4, 0.5) is 5.82 Å². The Hall–Kier alpha value is -3.16. The van der Waals surface area contributed by atoms with Crippen LogP contribution in [0.2, 0.25) is 0 Å². The minimum absolute atomic E-state index is 0.125. The van der Waals surface area contributed by atoms with Gasteiger partial charge in [-0.2, -0.15) is 0 Å². The molecule has 0 aliphatic rings. The first-order valence-electron chi connectivity index (χ1n) is 9.50. The van der Waals surface area contributed by atoms with Crippen molar-refractivity contribution in [3.63, 3.8) is 0 Å². The van der Waals surface area contributed by atoms with E-state index in [0.717, 1.165) is 32.7 Å². The fourth-order valence-corrected chi connectivity index (χ4v) is 4.40. The first kappa shape index (κ1) is 20.1. The number of aromatic hydroxyl groups is 1.